The molecule has 1 aromatic rings. The van der Waals surface area contributed by atoms with Crippen LogP contribution < -0.4 is 0 Å². The third-order valence-corrected chi connectivity index (χ3v) is 2.90. The zero-order chi connectivity index (χ0) is 10.7. The van der Waals surface area contributed by atoms with Crippen molar-refractivity contribution in [2.24, 2.45) is 5.92 Å². The molecule has 2 rings (SSSR count). The largest absolute Gasteiger partial charge is 0.462 e. The minimum absolute atomic E-state index is 0.0300. The quantitative estimate of drug-likeness (QED) is 0.692. The second-order valence-corrected chi connectivity index (χ2v) is 4.21. The second kappa shape index (κ2) is 4.47. The Morgan fingerprint density at radius 2 is 2.00 bits per heavy atom. The molecule has 15 heavy (non-hydrogen) atoms. The third-order valence-electron chi connectivity index (χ3n) is 2.90. The van der Waals surface area contributed by atoms with Crippen molar-refractivity contribution in [2.75, 3.05) is 0 Å². The van der Waals surface area contributed by atoms with Gasteiger partial charge in [-0.15, -0.1) is 0 Å². The topological polar surface area (TPSA) is 26.3 Å². The summed E-state index contributed by atoms with van der Waals surface area (Å²) in [5, 5.41) is 0. The van der Waals surface area contributed by atoms with Crippen LogP contribution in [-0.2, 0) is 16.0 Å². The highest BCUT2D eigenvalue weighted by molar-refractivity contribution is 5.73. The molecule has 0 saturated carbocycles. The van der Waals surface area contributed by atoms with E-state index in [4.69, 9.17) is 4.74 Å². The van der Waals surface area contributed by atoms with Crippen molar-refractivity contribution in [3.8, 4) is 0 Å². The van der Waals surface area contributed by atoms with Crippen LogP contribution in [-0.4, -0.2) is 12.1 Å². The summed E-state index contributed by atoms with van der Waals surface area (Å²) < 4.78 is 5.23. The lowest BCUT2D eigenvalue weighted by Crippen LogP contribution is -2.30. The summed E-state index contributed by atoms with van der Waals surface area (Å²) in [5.41, 5.74) is 1.22. The number of benzene rings is 1. The molecule has 2 heteroatoms. The predicted molar refractivity (Wildman–Crippen MR) is 58.4 cm³/mol. The molecule has 1 fully saturated rings. The van der Waals surface area contributed by atoms with Crippen LogP contribution in [0, 0.1) is 5.92 Å². The van der Waals surface area contributed by atoms with Crippen LogP contribution in [0.25, 0.3) is 0 Å². The number of carbonyl (C=O) groups is 1. The zero-order valence-corrected chi connectivity index (χ0v) is 8.98. The smallest absolute Gasteiger partial charge is 0.309 e. The number of ether oxygens (including phenoxy) is 1. The van der Waals surface area contributed by atoms with Gasteiger partial charge >= 0.3 is 5.97 Å². The second-order valence-electron chi connectivity index (χ2n) is 4.21. The molecule has 1 aliphatic heterocycles. The Labute approximate surface area is 90.3 Å². The molecule has 0 radical (unpaired) electrons. The van der Waals surface area contributed by atoms with Gasteiger partial charge in [0.2, 0.25) is 0 Å². The van der Waals surface area contributed by atoms with Gasteiger partial charge in [0.15, 0.2) is 0 Å². The molecular formula is C13H16O2. The molecule has 2 nitrogen and oxygen atoms in total. The summed E-state index contributed by atoms with van der Waals surface area (Å²) in [6.45, 7) is 1.95. The first-order valence-electron chi connectivity index (χ1n) is 5.50. The number of cyclic esters (lactones) is 1. The van der Waals surface area contributed by atoms with Gasteiger partial charge in [-0.05, 0) is 31.7 Å². The number of esters is 1. The first-order valence-corrected chi connectivity index (χ1v) is 5.50. The maximum atomic E-state index is 11.6. The minimum atomic E-state index is -0.0300. The number of carbonyl (C=O) groups excluding carboxylic acids is 1. The van der Waals surface area contributed by atoms with Gasteiger partial charge in [-0.25, -0.2) is 0 Å². The predicted octanol–water partition coefficient (Wildman–Crippen LogP) is 2.57. The van der Waals surface area contributed by atoms with E-state index >= 15 is 0 Å². The Kier molecular flexibility index (Phi) is 3.05. The summed E-state index contributed by atoms with van der Waals surface area (Å²) in [6.07, 6.45) is 2.86. The third kappa shape index (κ3) is 2.58. The summed E-state index contributed by atoms with van der Waals surface area (Å²) in [7, 11) is 0. The SMILES string of the molecule is CC1CCC(Cc2ccccc2)C(=O)O1. The minimum Gasteiger partial charge on any atom is -0.462 e. The molecule has 0 aliphatic carbocycles. The Balaban J connectivity index is 1.98. The van der Waals surface area contributed by atoms with E-state index in [1.54, 1.807) is 0 Å². The average molecular weight is 204 g/mol. The fourth-order valence-electron chi connectivity index (χ4n) is 1.99. The first kappa shape index (κ1) is 10.2. The van der Waals surface area contributed by atoms with Crippen LogP contribution in [0.1, 0.15) is 25.3 Å². The van der Waals surface area contributed by atoms with Gasteiger partial charge in [-0.3, -0.25) is 4.79 Å². The van der Waals surface area contributed by atoms with E-state index < -0.39 is 0 Å². The fourth-order valence-corrected chi connectivity index (χ4v) is 1.99. The number of rotatable bonds is 2. The van der Waals surface area contributed by atoms with Gasteiger partial charge in [-0.1, -0.05) is 30.3 Å². The van der Waals surface area contributed by atoms with E-state index in [0.29, 0.717) is 0 Å². The number of hydrogen-bond acceptors (Lipinski definition) is 2. The molecule has 80 valence electrons. The fraction of sp³-hybridized carbons (Fsp3) is 0.462. The lowest BCUT2D eigenvalue weighted by Gasteiger charge is -2.25. The molecule has 0 spiro atoms. The van der Waals surface area contributed by atoms with Gasteiger partial charge in [0.05, 0.1) is 12.0 Å². The molecule has 2 atom stereocenters. The van der Waals surface area contributed by atoms with E-state index in [-0.39, 0.29) is 18.0 Å². The maximum Gasteiger partial charge on any atom is 0.309 e. The molecule has 0 amide bonds. The van der Waals surface area contributed by atoms with E-state index in [2.05, 4.69) is 12.1 Å². The number of hydrogen-bond donors (Lipinski definition) is 0. The molecule has 1 heterocycles. The average Bonchev–Trinajstić information content (AvgIpc) is 2.24. The van der Waals surface area contributed by atoms with Crippen LogP contribution in [0.2, 0.25) is 0 Å². The van der Waals surface area contributed by atoms with Gasteiger partial charge in [0.25, 0.3) is 0 Å². The highest BCUT2D eigenvalue weighted by atomic mass is 16.5. The van der Waals surface area contributed by atoms with Crippen LogP contribution in [0.5, 0.6) is 0 Å². The summed E-state index contributed by atoms with van der Waals surface area (Å²) in [6, 6.07) is 10.1. The van der Waals surface area contributed by atoms with Crippen LogP contribution in [0.3, 0.4) is 0 Å². The molecule has 2 unspecified atom stereocenters. The van der Waals surface area contributed by atoms with Crippen molar-refractivity contribution in [1.29, 1.82) is 0 Å². The molecule has 1 aliphatic rings. The van der Waals surface area contributed by atoms with Crippen molar-refractivity contribution in [1.82, 2.24) is 0 Å². The Morgan fingerprint density at radius 1 is 1.27 bits per heavy atom. The van der Waals surface area contributed by atoms with Crippen molar-refractivity contribution in [3.63, 3.8) is 0 Å². The van der Waals surface area contributed by atoms with E-state index in [9.17, 15) is 4.79 Å². The first-order chi connectivity index (χ1) is 7.25. The summed E-state index contributed by atoms with van der Waals surface area (Å²) in [4.78, 5) is 11.6. The van der Waals surface area contributed by atoms with Gasteiger partial charge in [0, 0.05) is 0 Å². The summed E-state index contributed by atoms with van der Waals surface area (Å²) >= 11 is 0. The van der Waals surface area contributed by atoms with Gasteiger partial charge in [-0.2, -0.15) is 0 Å². The molecule has 1 saturated heterocycles. The normalized spacial score (nSPS) is 26.1. The Morgan fingerprint density at radius 3 is 2.67 bits per heavy atom. The highest BCUT2D eigenvalue weighted by Crippen LogP contribution is 2.23. The van der Waals surface area contributed by atoms with Crippen LogP contribution >= 0.6 is 0 Å². The molecule has 0 bridgehead atoms. The standard InChI is InChI=1S/C13H16O2/c1-10-7-8-12(13(14)15-10)9-11-5-3-2-4-6-11/h2-6,10,12H,7-9H2,1H3. The molecular weight excluding hydrogens is 188 g/mol. The molecule has 0 N–H and O–H groups in total. The Hall–Kier alpha value is -1.31. The maximum absolute atomic E-state index is 11.6. The van der Waals surface area contributed by atoms with Crippen LogP contribution in [0.4, 0.5) is 0 Å². The lowest BCUT2D eigenvalue weighted by molar-refractivity contribution is -0.158. The molecule has 1 aromatic carbocycles. The van der Waals surface area contributed by atoms with Crippen molar-refractivity contribution in [2.45, 2.75) is 32.3 Å². The van der Waals surface area contributed by atoms with E-state index in [1.807, 2.05) is 25.1 Å². The van der Waals surface area contributed by atoms with Crippen molar-refractivity contribution in [3.05, 3.63) is 35.9 Å². The van der Waals surface area contributed by atoms with E-state index in [0.717, 1.165) is 19.3 Å². The Bertz CT molecular complexity index is 332. The highest BCUT2D eigenvalue weighted by Gasteiger charge is 2.27. The van der Waals surface area contributed by atoms with Gasteiger partial charge < -0.3 is 4.74 Å². The zero-order valence-electron chi connectivity index (χ0n) is 8.98. The molecule has 0 aromatic heterocycles. The van der Waals surface area contributed by atoms with Crippen molar-refractivity contribution >= 4 is 5.97 Å². The van der Waals surface area contributed by atoms with E-state index in [1.165, 1.54) is 5.56 Å². The monoisotopic (exact) mass is 204 g/mol. The lowest BCUT2D eigenvalue weighted by atomic mass is 9.92. The summed E-state index contributed by atoms with van der Waals surface area (Å²) in [5.74, 6) is 0.0289. The van der Waals surface area contributed by atoms with Crippen molar-refractivity contribution < 1.29 is 9.53 Å². The van der Waals surface area contributed by atoms with Crippen LogP contribution in [0.15, 0.2) is 30.3 Å². The van der Waals surface area contributed by atoms with Gasteiger partial charge in [0.1, 0.15) is 0 Å².